The zero-order valence-corrected chi connectivity index (χ0v) is 12.7. The third-order valence-corrected chi connectivity index (χ3v) is 5.96. The van der Waals surface area contributed by atoms with E-state index in [-0.39, 0.29) is 0 Å². The van der Waals surface area contributed by atoms with Gasteiger partial charge in [-0.25, -0.2) is 8.42 Å². The third-order valence-electron chi connectivity index (χ3n) is 3.30. The molecule has 1 aromatic carbocycles. The van der Waals surface area contributed by atoms with Gasteiger partial charge in [-0.1, -0.05) is 30.3 Å². The van der Waals surface area contributed by atoms with E-state index in [1.807, 2.05) is 6.07 Å². The van der Waals surface area contributed by atoms with Crippen molar-refractivity contribution in [3.05, 3.63) is 35.9 Å². The summed E-state index contributed by atoms with van der Waals surface area (Å²) in [6.07, 6.45) is 1.17. The van der Waals surface area contributed by atoms with Crippen LogP contribution in [-0.2, 0) is 14.6 Å². The van der Waals surface area contributed by atoms with Crippen molar-refractivity contribution in [1.82, 2.24) is 4.90 Å². The largest absolute Gasteiger partial charge is 0.480 e. The van der Waals surface area contributed by atoms with E-state index in [2.05, 4.69) is 0 Å². The topological polar surface area (TPSA) is 74.7 Å². The lowest BCUT2D eigenvalue weighted by Gasteiger charge is -2.38. The van der Waals surface area contributed by atoms with Gasteiger partial charge in [-0.3, -0.25) is 9.69 Å². The van der Waals surface area contributed by atoms with Gasteiger partial charge in [-0.2, -0.15) is 11.8 Å². The second-order valence-electron chi connectivity index (χ2n) is 4.75. The molecule has 1 aliphatic heterocycles. The first-order valence-corrected chi connectivity index (χ1v) is 9.32. The summed E-state index contributed by atoms with van der Waals surface area (Å²) in [5.41, 5.74) is 0.612. The van der Waals surface area contributed by atoms with Gasteiger partial charge in [0, 0.05) is 24.3 Å². The summed E-state index contributed by atoms with van der Waals surface area (Å²) in [4.78, 5) is 13.2. The molecule has 1 aliphatic rings. The fourth-order valence-corrected chi connectivity index (χ4v) is 5.27. The van der Waals surface area contributed by atoms with Gasteiger partial charge in [0.2, 0.25) is 0 Å². The standard InChI is InChI=1S/C13H17NO4S2/c1-20(17,18)11-9-19-8-7-14(11)12(13(15)16)10-5-3-2-4-6-10/h2-6,11-12H,7-9H2,1H3,(H,15,16). The van der Waals surface area contributed by atoms with E-state index in [0.29, 0.717) is 17.9 Å². The molecule has 1 fully saturated rings. The van der Waals surface area contributed by atoms with Crippen molar-refractivity contribution in [2.24, 2.45) is 0 Å². The number of carboxylic acid groups (broad SMARTS) is 1. The second-order valence-corrected chi connectivity index (χ2v) is 8.10. The quantitative estimate of drug-likeness (QED) is 0.901. The van der Waals surface area contributed by atoms with Crippen molar-refractivity contribution < 1.29 is 18.3 Å². The summed E-state index contributed by atoms with van der Waals surface area (Å²) < 4.78 is 23.8. The zero-order chi connectivity index (χ0) is 14.8. The molecule has 1 N–H and O–H groups in total. The Bertz CT molecular complexity index is 573. The number of aliphatic carboxylic acids is 1. The maximum Gasteiger partial charge on any atom is 0.325 e. The highest BCUT2D eigenvalue weighted by molar-refractivity contribution is 8.00. The first-order valence-electron chi connectivity index (χ1n) is 6.21. The molecule has 0 aromatic heterocycles. The Morgan fingerprint density at radius 2 is 2.05 bits per heavy atom. The van der Waals surface area contributed by atoms with Crippen LogP contribution < -0.4 is 0 Å². The highest BCUT2D eigenvalue weighted by Crippen LogP contribution is 2.30. The van der Waals surface area contributed by atoms with Crippen molar-refractivity contribution in [1.29, 1.82) is 0 Å². The van der Waals surface area contributed by atoms with E-state index in [4.69, 9.17) is 0 Å². The summed E-state index contributed by atoms with van der Waals surface area (Å²) in [6.45, 7) is 0.453. The smallest absolute Gasteiger partial charge is 0.325 e. The maximum atomic E-state index is 11.9. The number of sulfone groups is 1. The zero-order valence-electron chi connectivity index (χ0n) is 11.1. The number of hydrogen-bond acceptors (Lipinski definition) is 5. The molecule has 0 radical (unpaired) electrons. The molecule has 2 rings (SSSR count). The van der Waals surface area contributed by atoms with Crippen molar-refractivity contribution in [2.45, 2.75) is 11.4 Å². The Balaban J connectivity index is 2.40. The maximum absolute atomic E-state index is 11.9. The molecule has 20 heavy (non-hydrogen) atoms. The monoisotopic (exact) mass is 315 g/mol. The van der Waals surface area contributed by atoms with Crippen LogP contribution in [0.2, 0.25) is 0 Å². The van der Waals surface area contributed by atoms with E-state index in [0.717, 1.165) is 5.75 Å². The number of rotatable bonds is 4. The third kappa shape index (κ3) is 3.34. The van der Waals surface area contributed by atoms with E-state index in [1.54, 1.807) is 40.9 Å². The molecule has 5 nitrogen and oxygen atoms in total. The van der Waals surface area contributed by atoms with E-state index >= 15 is 0 Å². The van der Waals surface area contributed by atoms with E-state index < -0.39 is 27.2 Å². The molecular formula is C13H17NO4S2. The minimum absolute atomic E-state index is 0.412. The van der Waals surface area contributed by atoms with Gasteiger partial charge in [-0.15, -0.1) is 0 Å². The van der Waals surface area contributed by atoms with Gasteiger partial charge in [0.05, 0.1) is 0 Å². The molecule has 0 spiro atoms. The van der Waals surface area contributed by atoms with Crippen LogP contribution in [0.4, 0.5) is 0 Å². The molecule has 2 atom stereocenters. The van der Waals surface area contributed by atoms with Crippen molar-refractivity contribution in [2.75, 3.05) is 24.3 Å². The molecule has 0 amide bonds. The lowest BCUT2D eigenvalue weighted by molar-refractivity contribution is -0.143. The predicted molar refractivity (Wildman–Crippen MR) is 79.5 cm³/mol. The van der Waals surface area contributed by atoms with Gasteiger partial charge in [-0.05, 0) is 5.56 Å². The first-order chi connectivity index (χ1) is 9.41. The average Bonchev–Trinajstić information content (AvgIpc) is 2.39. The summed E-state index contributed by atoms with van der Waals surface area (Å²) in [7, 11) is -3.32. The number of nitrogens with zero attached hydrogens (tertiary/aromatic N) is 1. The highest BCUT2D eigenvalue weighted by atomic mass is 32.2. The van der Waals surface area contributed by atoms with Gasteiger partial charge in [0.1, 0.15) is 11.4 Å². The van der Waals surface area contributed by atoms with Gasteiger partial charge >= 0.3 is 5.97 Å². The minimum atomic E-state index is -3.32. The van der Waals surface area contributed by atoms with Crippen molar-refractivity contribution in [3.8, 4) is 0 Å². The Morgan fingerprint density at radius 1 is 1.40 bits per heavy atom. The van der Waals surface area contributed by atoms with Crippen molar-refractivity contribution >= 4 is 27.6 Å². The number of hydrogen-bond donors (Lipinski definition) is 1. The normalized spacial score (nSPS) is 22.4. The summed E-state index contributed by atoms with van der Waals surface area (Å²) >= 11 is 1.54. The predicted octanol–water partition coefficient (Wildman–Crippen LogP) is 1.23. The van der Waals surface area contributed by atoms with Crippen LogP contribution in [0.1, 0.15) is 11.6 Å². The Kier molecular flexibility index (Phi) is 4.72. The number of carboxylic acids is 1. The lowest BCUT2D eigenvalue weighted by atomic mass is 10.1. The summed E-state index contributed by atoms with van der Waals surface area (Å²) in [6, 6.07) is 7.86. The van der Waals surface area contributed by atoms with Crippen LogP contribution in [0, 0.1) is 0 Å². The second kappa shape index (κ2) is 6.15. The molecule has 1 saturated heterocycles. The fraction of sp³-hybridized carbons (Fsp3) is 0.462. The van der Waals surface area contributed by atoms with Crippen LogP contribution in [0.25, 0.3) is 0 Å². The van der Waals surface area contributed by atoms with Gasteiger partial charge in [0.25, 0.3) is 0 Å². The highest BCUT2D eigenvalue weighted by Gasteiger charge is 2.39. The molecule has 0 bridgehead atoms. The Hall–Kier alpha value is -1.05. The van der Waals surface area contributed by atoms with E-state index in [1.165, 1.54) is 6.26 Å². The molecule has 2 unspecified atom stereocenters. The van der Waals surface area contributed by atoms with Gasteiger partial charge < -0.3 is 5.11 Å². The Labute approximate surface area is 122 Å². The Morgan fingerprint density at radius 3 is 2.60 bits per heavy atom. The fourth-order valence-electron chi connectivity index (χ4n) is 2.37. The first kappa shape index (κ1) is 15.3. The lowest BCUT2D eigenvalue weighted by Crippen LogP contribution is -2.50. The average molecular weight is 315 g/mol. The molecular weight excluding hydrogens is 298 g/mol. The number of thioether (sulfide) groups is 1. The van der Waals surface area contributed by atoms with E-state index in [9.17, 15) is 18.3 Å². The number of benzene rings is 1. The minimum Gasteiger partial charge on any atom is -0.480 e. The molecule has 110 valence electrons. The molecule has 0 aliphatic carbocycles. The molecule has 1 heterocycles. The van der Waals surface area contributed by atoms with Gasteiger partial charge in [0.15, 0.2) is 9.84 Å². The summed E-state index contributed by atoms with van der Waals surface area (Å²) in [5.74, 6) is 0.134. The van der Waals surface area contributed by atoms with Crippen LogP contribution in [0.3, 0.4) is 0 Å². The molecule has 7 heteroatoms. The molecule has 1 aromatic rings. The SMILES string of the molecule is CS(=O)(=O)C1CSCCN1C(C(=O)O)c1ccccc1. The van der Waals surface area contributed by atoms with Crippen LogP contribution in [0.15, 0.2) is 30.3 Å². The van der Waals surface area contributed by atoms with Crippen LogP contribution >= 0.6 is 11.8 Å². The van der Waals surface area contributed by atoms with Crippen LogP contribution in [-0.4, -0.2) is 54.1 Å². The van der Waals surface area contributed by atoms with Crippen molar-refractivity contribution in [3.63, 3.8) is 0 Å². The molecule has 0 saturated carbocycles. The summed E-state index contributed by atoms with van der Waals surface area (Å²) in [5, 5.41) is 8.77. The number of carbonyl (C=O) groups is 1. The van der Waals surface area contributed by atoms with Crippen LogP contribution in [0.5, 0.6) is 0 Å².